The number of hydrogen-bond donors (Lipinski definition) is 4. The Morgan fingerprint density at radius 2 is 0.459 bits per heavy atom. The minimum absolute atomic E-state index is 0. The predicted molar refractivity (Wildman–Crippen MR) is 134 cm³/mol. The van der Waals surface area contributed by atoms with Crippen LogP contribution in [0.2, 0.25) is 0 Å². The second kappa shape index (κ2) is 18.9. The van der Waals surface area contributed by atoms with Gasteiger partial charge in [0.05, 0.1) is 22.3 Å². The molecule has 0 heterocycles. The maximum atomic E-state index is 10.2. The average molecular weight is 580 g/mol. The number of hydrogen-bond acceptors (Lipinski definition) is 4. The number of rotatable bonds is 4. The van der Waals surface area contributed by atoms with E-state index in [2.05, 4.69) is 0 Å². The zero-order valence-corrected chi connectivity index (χ0v) is 21.9. The Bertz CT molecular complexity index is 1020. The summed E-state index contributed by atoms with van der Waals surface area (Å²) >= 11 is 0. The fourth-order valence-electron chi connectivity index (χ4n) is 2.32. The molecule has 0 aromatic heterocycles. The van der Waals surface area contributed by atoms with Crippen molar-refractivity contribution in [2.45, 2.75) is 0 Å². The van der Waals surface area contributed by atoms with Gasteiger partial charge in [-0.05, 0) is 48.5 Å². The molecule has 0 aliphatic rings. The molecule has 4 aromatic rings. The first-order chi connectivity index (χ1) is 17.2. The average Bonchev–Trinajstić information content (AvgIpc) is 2.92. The van der Waals surface area contributed by atoms with Crippen LogP contribution in [0.25, 0.3) is 0 Å². The van der Waals surface area contributed by atoms with Crippen LogP contribution in [-0.4, -0.2) is 44.3 Å². The summed E-state index contributed by atoms with van der Waals surface area (Å²) in [6, 6.07) is 33.2. The summed E-state index contributed by atoms with van der Waals surface area (Å²) in [6.07, 6.45) is 0. The van der Waals surface area contributed by atoms with Gasteiger partial charge in [0.2, 0.25) is 0 Å². The summed E-state index contributed by atoms with van der Waals surface area (Å²) in [5.74, 6) is -3.52. The van der Waals surface area contributed by atoms with E-state index < -0.39 is 23.9 Å². The monoisotopic (exact) mass is 578 g/mol. The molecule has 0 spiro atoms. The Hall–Kier alpha value is -4.36. The number of carboxylic acid groups (broad SMARTS) is 4. The molecule has 0 saturated carbocycles. The summed E-state index contributed by atoms with van der Waals surface area (Å²) in [4.78, 5) is 40.8. The molecule has 0 saturated heterocycles. The maximum Gasteiger partial charge on any atom is 0.335 e. The summed E-state index contributed by atoms with van der Waals surface area (Å²) in [6.45, 7) is 0. The van der Waals surface area contributed by atoms with E-state index in [9.17, 15) is 19.2 Å². The SMILES string of the molecule is O=C(O)c1ccccc1.O=C(O)c1ccccc1.O=C(O)c1ccccc1.O=C(O)c1ccccc1.[Zr]. The van der Waals surface area contributed by atoms with E-state index >= 15 is 0 Å². The second-order valence-electron chi connectivity index (χ2n) is 6.68. The van der Waals surface area contributed by atoms with Gasteiger partial charge < -0.3 is 20.4 Å². The van der Waals surface area contributed by atoms with E-state index in [-0.39, 0.29) is 26.2 Å². The Balaban J connectivity index is 0.000000463. The third-order valence-electron chi connectivity index (χ3n) is 4.08. The standard InChI is InChI=1S/4C7H6O2.Zr/c4*8-7(9)6-4-2-1-3-5-6;/h4*1-5H,(H,8,9);. The quantitative estimate of drug-likeness (QED) is 0.246. The molecule has 4 N–H and O–H groups in total. The maximum absolute atomic E-state index is 10.2. The minimum Gasteiger partial charge on any atom is -0.478 e. The van der Waals surface area contributed by atoms with Crippen LogP contribution in [0.1, 0.15) is 41.4 Å². The fourth-order valence-corrected chi connectivity index (χ4v) is 2.32. The van der Waals surface area contributed by atoms with Crippen LogP contribution in [0.3, 0.4) is 0 Å². The van der Waals surface area contributed by atoms with Crippen LogP contribution in [0, 0.1) is 0 Å². The first-order valence-corrected chi connectivity index (χ1v) is 10.4. The number of benzene rings is 4. The smallest absolute Gasteiger partial charge is 0.335 e. The van der Waals surface area contributed by atoms with Crippen molar-refractivity contribution < 1.29 is 65.8 Å². The molecule has 4 rings (SSSR count). The zero-order valence-electron chi connectivity index (χ0n) is 19.5. The first-order valence-electron chi connectivity index (χ1n) is 10.4. The van der Waals surface area contributed by atoms with E-state index in [1.54, 1.807) is 121 Å². The third-order valence-corrected chi connectivity index (χ3v) is 4.08. The van der Waals surface area contributed by atoms with Crippen molar-refractivity contribution in [2.24, 2.45) is 0 Å². The van der Waals surface area contributed by atoms with Crippen molar-refractivity contribution in [1.82, 2.24) is 0 Å². The summed E-state index contributed by atoms with van der Waals surface area (Å²) < 4.78 is 0. The molecule has 8 nitrogen and oxygen atoms in total. The summed E-state index contributed by atoms with van der Waals surface area (Å²) in [7, 11) is 0. The van der Waals surface area contributed by atoms with Crippen LogP contribution in [0.5, 0.6) is 0 Å². The Morgan fingerprint density at radius 3 is 0.541 bits per heavy atom. The Kier molecular flexibility index (Phi) is 16.7. The molecule has 0 aliphatic heterocycles. The molecule has 0 fully saturated rings. The molecular formula is C28H24O8Zr. The van der Waals surface area contributed by atoms with Gasteiger partial charge in [0.15, 0.2) is 0 Å². The van der Waals surface area contributed by atoms with Crippen molar-refractivity contribution in [3.63, 3.8) is 0 Å². The van der Waals surface area contributed by atoms with Gasteiger partial charge in [0.1, 0.15) is 0 Å². The van der Waals surface area contributed by atoms with Gasteiger partial charge in [-0.25, -0.2) is 19.2 Å². The van der Waals surface area contributed by atoms with Gasteiger partial charge in [0.25, 0.3) is 0 Å². The zero-order chi connectivity index (χ0) is 26.8. The summed E-state index contributed by atoms with van der Waals surface area (Å²) in [5, 5.41) is 33.5. The van der Waals surface area contributed by atoms with Crippen LogP contribution in [-0.2, 0) is 26.2 Å². The van der Waals surface area contributed by atoms with Gasteiger partial charge in [-0.2, -0.15) is 0 Å². The third kappa shape index (κ3) is 14.6. The number of carboxylic acids is 4. The molecule has 0 amide bonds. The van der Waals surface area contributed by atoms with Gasteiger partial charge in [-0.3, -0.25) is 0 Å². The van der Waals surface area contributed by atoms with Crippen molar-refractivity contribution in [3.05, 3.63) is 144 Å². The topological polar surface area (TPSA) is 149 Å². The molecule has 0 radical (unpaired) electrons. The molecule has 9 heteroatoms. The van der Waals surface area contributed by atoms with Crippen LogP contribution >= 0.6 is 0 Å². The van der Waals surface area contributed by atoms with E-state index in [1.165, 1.54) is 0 Å². The number of carbonyl (C=O) groups is 4. The minimum atomic E-state index is -0.879. The fraction of sp³-hybridized carbons (Fsp3) is 0. The predicted octanol–water partition coefficient (Wildman–Crippen LogP) is 5.54. The molecule has 0 unspecified atom stereocenters. The van der Waals surface area contributed by atoms with E-state index in [1.807, 2.05) is 0 Å². The molecular weight excluding hydrogens is 556 g/mol. The van der Waals surface area contributed by atoms with Gasteiger partial charge in [-0.1, -0.05) is 72.8 Å². The van der Waals surface area contributed by atoms with Crippen molar-refractivity contribution in [2.75, 3.05) is 0 Å². The Labute approximate surface area is 232 Å². The largest absolute Gasteiger partial charge is 0.478 e. The van der Waals surface area contributed by atoms with E-state index in [0.29, 0.717) is 22.3 Å². The van der Waals surface area contributed by atoms with Crippen LogP contribution in [0.4, 0.5) is 0 Å². The van der Waals surface area contributed by atoms with E-state index in [0.717, 1.165) is 0 Å². The summed E-state index contributed by atoms with van der Waals surface area (Å²) in [5.41, 5.74) is 1.32. The van der Waals surface area contributed by atoms with Gasteiger partial charge in [-0.15, -0.1) is 0 Å². The van der Waals surface area contributed by atoms with Gasteiger partial charge >= 0.3 is 23.9 Å². The number of aromatic carboxylic acids is 4. The first kappa shape index (κ1) is 32.6. The van der Waals surface area contributed by atoms with Crippen molar-refractivity contribution >= 4 is 23.9 Å². The molecule has 0 bridgehead atoms. The molecule has 188 valence electrons. The van der Waals surface area contributed by atoms with E-state index in [4.69, 9.17) is 20.4 Å². The van der Waals surface area contributed by atoms with Gasteiger partial charge in [0, 0.05) is 26.2 Å². The molecule has 4 aromatic carbocycles. The van der Waals surface area contributed by atoms with Crippen LogP contribution in [0.15, 0.2) is 121 Å². The van der Waals surface area contributed by atoms with Crippen LogP contribution < -0.4 is 0 Å². The second-order valence-corrected chi connectivity index (χ2v) is 6.68. The van der Waals surface area contributed by atoms with Crippen molar-refractivity contribution in [1.29, 1.82) is 0 Å². The molecule has 0 atom stereocenters. The Morgan fingerprint density at radius 1 is 0.324 bits per heavy atom. The molecule has 0 aliphatic carbocycles. The molecule has 37 heavy (non-hydrogen) atoms. The normalized spacial score (nSPS) is 8.65. The van der Waals surface area contributed by atoms with Crippen molar-refractivity contribution in [3.8, 4) is 0 Å².